The zero-order valence-corrected chi connectivity index (χ0v) is 61.1. The number of unbranched alkanes of at least 4 members (excludes halogenated alkanes) is 30. The molecule has 30 heteroatoms. The van der Waals surface area contributed by atoms with Crippen LogP contribution in [-0.4, -0.2) is 19.4 Å². The first kappa shape index (κ1) is 90.8. The number of furan rings is 2. The molecule has 4 nitrogen and oxygen atoms in total. The lowest BCUT2D eigenvalue weighted by atomic mass is 9.12. The fourth-order valence-corrected chi connectivity index (χ4v) is 14.6. The van der Waals surface area contributed by atoms with Crippen LogP contribution >= 0.6 is 0 Å². The third kappa shape index (κ3) is 30.5. The van der Waals surface area contributed by atoms with E-state index in [-0.39, 0.29) is 0 Å². The molecule has 106 heavy (non-hydrogen) atoms. The van der Waals surface area contributed by atoms with Crippen molar-refractivity contribution in [2.45, 2.75) is 269 Å². The van der Waals surface area contributed by atoms with Gasteiger partial charge in [-0.25, -0.2) is 0 Å². The molecule has 0 fully saturated rings. The molecular weight excluding hydrogens is 1570 g/mol. The van der Waals surface area contributed by atoms with Gasteiger partial charge in [0.15, 0.2) is 0 Å². The normalized spacial score (nSPS) is 13.0. The van der Waals surface area contributed by atoms with Gasteiger partial charge in [-0.1, -0.05) is 255 Å². The molecule has 2 aromatic heterocycles. The minimum atomic E-state index is -6.13. The highest BCUT2D eigenvalue weighted by atomic mass is 127. The number of rotatable bonds is 42. The molecule has 4 aromatic carbocycles. The lowest BCUT2D eigenvalue weighted by Crippen LogP contribution is -3.61. The maximum absolute atomic E-state index is 14.2. The van der Waals surface area contributed by atoms with Gasteiger partial charge < -0.3 is 18.3 Å². The Bertz CT molecular complexity index is 3010. The Morgan fingerprint density at radius 3 is 0.585 bits per heavy atom. The van der Waals surface area contributed by atoms with Crippen LogP contribution in [0.25, 0.3) is 0 Å². The van der Waals surface area contributed by atoms with Crippen LogP contribution in [0, 0.1) is 7.53 Å². The molecule has 6 rings (SSSR count). The Hall–Kier alpha value is -5.85. The molecular formula is C76H90BF24IO4. The first-order valence-corrected chi connectivity index (χ1v) is 38.2. The molecule has 0 aliphatic carbocycles. The molecule has 0 bridgehead atoms. The van der Waals surface area contributed by atoms with E-state index in [0.717, 1.165) is 33.6 Å². The molecule has 6 aromatic rings. The maximum Gasteiger partial charge on any atom is 0.443 e. The van der Waals surface area contributed by atoms with Crippen LogP contribution in [0.3, 0.4) is 0 Å². The van der Waals surface area contributed by atoms with Crippen molar-refractivity contribution >= 4 is 28.0 Å². The quantitative estimate of drug-likeness (QED) is 0.0166. The summed E-state index contributed by atoms with van der Waals surface area (Å²) in [5, 5.41) is 0. The van der Waals surface area contributed by atoms with E-state index in [9.17, 15) is 105 Å². The summed E-state index contributed by atoms with van der Waals surface area (Å²) < 4.78 is 366. The van der Waals surface area contributed by atoms with Gasteiger partial charge in [0.1, 0.15) is 6.15 Å². The Balaban J connectivity index is 0.000000385. The standard InChI is InChI=1S/C44H78IO4.C32H12BF24/c1-3-5-7-9-11-13-15-17-19-21-23-25-27-29-31-33-39-46-43-37-35-41(48-43)45-42-36-38-44(49-42)47-40-34-32-30-28-26-24-22-20-18-16-14-12-10-8-6-4-2;34-25(35,36)13-1-14(26(37,38)39)6-21(5-13)33(22-7-15(27(40,41)42)2-16(8-22)28(43,44)45,23-9-17(29(46,47)48)3-18(10-23)30(49,50)51)24-11-19(31(52,53)54)4-20(12-24)32(55,56)57/h35-38H,3-34,39-40H2,1-2H3;1-12H/q+1;-1. The Kier molecular flexibility index (Phi) is 35.8. The first-order valence-electron chi connectivity index (χ1n) is 36.0. The summed E-state index contributed by atoms with van der Waals surface area (Å²) in [7, 11) is 0. The van der Waals surface area contributed by atoms with E-state index >= 15 is 0 Å². The fraction of sp³-hybridized carbons (Fsp3) is 0.579. The number of hydrogen-bond donors (Lipinski definition) is 0. The second kappa shape index (κ2) is 41.8. The molecule has 596 valence electrons. The van der Waals surface area contributed by atoms with Crippen LogP contribution in [0.1, 0.15) is 264 Å². The molecule has 0 saturated heterocycles. The highest BCUT2D eigenvalue weighted by Crippen LogP contribution is 2.42. The monoisotopic (exact) mass is 1660 g/mol. The van der Waals surface area contributed by atoms with Crippen LogP contribution in [0.15, 0.2) is 106 Å². The predicted octanol–water partition coefficient (Wildman–Crippen LogP) is 23.5. The summed E-state index contributed by atoms with van der Waals surface area (Å²) in [5.41, 5.74) is -30.2. The Morgan fingerprint density at radius 1 is 0.245 bits per heavy atom. The number of hydrogen-bond acceptors (Lipinski definition) is 4. The number of benzene rings is 4. The third-order valence-corrected chi connectivity index (χ3v) is 20.4. The van der Waals surface area contributed by atoms with Crippen molar-refractivity contribution < 1.29 is 145 Å². The summed E-state index contributed by atoms with van der Waals surface area (Å²) in [6, 6.07) is -0.820. The number of alkyl halides is 24. The predicted molar refractivity (Wildman–Crippen MR) is 355 cm³/mol. The first-order chi connectivity index (χ1) is 49.6. The zero-order valence-electron chi connectivity index (χ0n) is 58.9. The maximum atomic E-state index is 14.2. The molecule has 2 heterocycles. The van der Waals surface area contributed by atoms with Crippen LogP contribution in [-0.2, 0) is 49.4 Å². The zero-order chi connectivity index (χ0) is 78.6. The topological polar surface area (TPSA) is 44.7 Å². The van der Waals surface area contributed by atoms with Gasteiger partial charge >= 0.3 is 78.1 Å². The summed E-state index contributed by atoms with van der Waals surface area (Å²) in [6.07, 6.45) is -10.5. The molecule has 0 unspecified atom stereocenters. The van der Waals surface area contributed by atoms with Crippen LogP contribution in [0.4, 0.5) is 105 Å². The second-order valence-corrected chi connectivity index (χ2v) is 29.4. The van der Waals surface area contributed by atoms with Gasteiger partial charge in [0.25, 0.3) is 11.9 Å². The van der Waals surface area contributed by atoms with Crippen molar-refractivity contribution in [3.05, 3.63) is 149 Å². The minimum absolute atomic E-state index is 0.507. The van der Waals surface area contributed by atoms with Crippen molar-refractivity contribution in [1.82, 2.24) is 0 Å². The van der Waals surface area contributed by atoms with Crippen molar-refractivity contribution in [1.29, 1.82) is 0 Å². The number of halogens is 25. The fourth-order valence-electron chi connectivity index (χ4n) is 12.7. The van der Waals surface area contributed by atoms with Crippen molar-refractivity contribution in [3.8, 4) is 11.9 Å². The van der Waals surface area contributed by atoms with E-state index in [2.05, 4.69) is 13.8 Å². The summed E-state index contributed by atoms with van der Waals surface area (Å²) in [5.74, 6) is 1.28. The third-order valence-electron chi connectivity index (χ3n) is 18.2. The van der Waals surface area contributed by atoms with E-state index in [1.165, 1.54) is 193 Å². The largest absolute Gasteiger partial charge is 0.465 e. The highest BCUT2D eigenvalue weighted by molar-refractivity contribution is 7.20. The van der Waals surface area contributed by atoms with Crippen LogP contribution < -0.4 is 52.5 Å². The summed E-state index contributed by atoms with van der Waals surface area (Å²) in [6.45, 7) is 6.07. The van der Waals surface area contributed by atoms with E-state index in [0.29, 0.717) is 11.9 Å². The van der Waals surface area contributed by atoms with Crippen molar-refractivity contribution in [2.24, 2.45) is 0 Å². The van der Waals surface area contributed by atoms with Gasteiger partial charge in [-0.15, -0.1) is 0 Å². The molecule has 0 aliphatic rings. The van der Waals surface area contributed by atoms with E-state index in [4.69, 9.17) is 18.3 Å². The molecule has 0 spiro atoms. The molecule has 0 radical (unpaired) electrons. The van der Waals surface area contributed by atoms with Gasteiger partial charge in [0.05, 0.1) is 57.7 Å². The van der Waals surface area contributed by atoms with E-state index < -0.39 is 216 Å². The lowest BCUT2D eigenvalue weighted by molar-refractivity contribution is -0.636. The number of ether oxygens (including phenoxy) is 2. The highest BCUT2D eigenvalue weighted by Gasteiger charge is 2.47. The minimum Gasteiger partial charge on any atom is -0.465 e. The van der Waals surface area contributed by atoms with Crippen molar-refractivity contribution in [3.63, 3.8) is 0 Å². The van der Waals surface area contributed by atoms with E-state index in [1.54, 1.807) is 0 Å². The second-order valence-electron chi connectivity index (χ2n) is 26.7. The molecule has 0 saturated carbocycles. The van der Waals surface area contributed by atoms with Gasteiger partial charge in [0, 0.05) is 24.3 Å². The Morgan fingerprint density at radius 2 is 0.415 bits per heavy atom. The molecule has 0 aliphatic heterocycles. The smallest absolute Gasteiger partial charge is 0.443 e. The lowest BCUT2D eigenvalue weighted by Gasteiger charge is -2.46. The van der Waals surface area contributed by atoms with Gasteiger partial charge in [0.2, 0.25) is 0 Å². The van der Waals surface area contributed by atoms with Gasteiger partial charge in [-0.05, 0) is 37.1 Å². The van der Waals surface area contributed by atoms with E-state index in [1.807, 2.05) is 24.3 Å². The van der Waals surface area contributed by atoms with Gasteiger partial charge in [-0.2, -0.15) is 127 Å². The van der Waals surface area contributed by atoms with Crippen LogP contribution in [0.2, 0.25) is 0 Å². The van der Waals surface area contributed by atoms with Gasteiger partial charge in [-0.3, -0.25) is 0 Å². The Labute approximate surface area is 613 Å². The van der Waals surface area contributed by atoms with Crippen LogP contribution in [0.5, 0.6) is 11.9 Å². The molecule has 0 N–H and O–H groups in total. The molecule has 0 atom stereocenters. The average Bonchev–Trinajstić information content (AvgIpc) is 0.797. The summed E-state index contributed by atoms with van der Waals surface area (Å²) >= 11 is -0.507. The average molecular weight is 1660 g/mol. The SMILES string of the molecule is CCCCCCCCCCCCCCCCCCOc1ccc([I+]c2ccc(OCCCCCCCCCCCCCCCCCC)o2)o1.FC(F)(F)c1cc([B-](c2cc(C(F)(F)F)cc(C(F)(F)F)c2)(c2cc(C(F)(F)F)cc(C(F)(F)F)c2)c2cc(C(F)(F)F)cc(C(F)(F)F)c2)cc(C(F)(F)F)c1. The summed E-state index contributed by atoms with van der Waals surface area (Å²) in [4.78, 5) is 0. The van der Waals surface area contributed by atoms with Crippen molar-refractivity contribution in [2.75, 3.05) is 13.2 Å². The molecule has 0 amide bonds.